The summed E-state index contributed by atoms with van der Waals surface area (Å²) in [7, 11) is -3.30. The van der Waals surface area contributed by atoms with E-state index >= 15 is 0 Å². The highest BCUT2D eigenvalue weighted by molar-refractivity contribution is 7.90. The molecule has 0 aliphatic carbocycles. The van der Waals surface area contributed by atoms with Crippen molar-refractivity contribution in [2.45, 2.75) is 36.7 Å². The molecule has 1 aromatic rings. The van der Waals surface area contributed by atoms with Crippen LogP contribution in [0.3, 0.4) is 0 Å². The van der Waals surface area contributed by atoms with E-state index in [0.717, 1.165) is 12.7 Å². The lowest BCUT2D eigenvalue weighted by Crippen LogP contribution is -2.53. The van der Waals surface area contributed by atoms with Gasteiger partial charge >= 0.3 is 0 Å². The second kappa shape index (κ2) is 5.68. The van der Waals surface area contributed by atoms with E-state index < -0.39 is 15.4 Å². The van der Waals surface area contributed by atoms with Gasteiger partial charge < -0.3 is 15.0 Å². The third-order valence-electron chi connectivity index (χ3n) is 4.30. The molecule has 0 bridgehead atoms. The predicted molar refractivity (Wildman–Crippen MR) is 81.2 cm³/mol. The van der Waals surface area contributed by atoms with Crippen molar-refractivity contribution in [3.63, 3.8) is 0 Å². The van der Waals surface area contributed by atoms with Gasteiger partial charge in [0.15, 0.2) is 9.84 Å². The van der Waals surface area contributed by atoms with E-state index in [4.69, 9.17) is 0 Å². The maximum absolute atomic E-state index is 12.4. The first kappa shape index (κ1) is 16.4. The lowest BCUT2D eigenvalue weighted by Gasteiger charge is -2.50. The number of rotatable bonds is 4. The zero-order valence-corrected chi connectivity index (χ0v) is 13.4. The number of hydrogen-bond acceptors (Lipinski definition) is 4. The molecular formula is C15H23NO4S. The van der Waals surface area contributed by atoms with Gasteiger partial charge in [-0.3, -0.25) is 0 Å². The van der Waals surface area contributed by atoms with Crippen molar-refractivity contribution in [1.29, 1.82) is 0 Å². The Hall–Kier alpha value is -0.950. The van der Waals surface area contributed by atoms with Crippen LogP contribution in [-0.4, -0.2) is 44.1 Å². The normalized spacial score (nSPS) is 30.3. The van der Waals surface area contributed by atoms with E-state index in [1.54, 1.807) is 12.1 Å². The van der Waals surface area contributed by atoms with Crippen molar-refractivity contribution in [3.05, 3.63) is 35.0 Å². The summed E-state index contributed by atoms with van der Waals surface area (Å²) in [4.78, 5) is 0.204. The van der Waals surface area contributed by atoms with Crippen molar-refractivity contribution >= 4 is 9.84 Å². The largest absolute Gasteiger partial charge is 0.633 e. The Bertz CT molecular complexity index is 604. The standard InChI is InChI=1S/C15H23NO4S/c1-3-9-16(18)10-7-15(17,8-11-16)13-5-4-6-14(12-13)21(2,19)20/h4-6,12,17H,3,7-11H2,1-2H3. The molecular weight excluding hydrogens is 290 g/mol. The van der Waals surface area contributed by atoms with E-state index in [1.807, 2.05) is 6.92 Å². The minimum atomic E-state index is -3.30. The molecule has 118 valence electrons. The maximum atomic E-state index is 12.4. The van der Waals surface area contributed by atoms with Gasteiger partial charge in [-0.2, -0.15) is 0 Å². The van der Waals surface area contributed by atoms with Gasteiger partial charge in [0.1, 0.15) is 5.60 Å². The predicted octanol–water partition coefficient (Wildman–Crippen LogP) is 1.80. The van der Waals surface area contributed by atoms with Crippen LogP contribution >= 0.6 is 0 Å². The molecule has 21 heavy (non-hydrogen) atoms. The molecule has 1 aliphatic rings. The maximum Gasteiger partial charge on any atom is 0.175 e. The monoisotopic (exact) mass is 313 g/mol. The van der Waals surface area contributed by atoms with Gasteiger partial charge in [0.2, 0.25) is 0 Å². The lowest BCUT2D eigenvalue weighted by atomic mass is 9.84. The van der Waals surface area contributed by atoms with Crippen LogP contribution in [0, 0.1) is 5.21 Å². The van der Waals surface area contributed by atoms with E-state index in [-0.39, 0.29) is 9.54 Å². The van der Waals surface area contributed by atoms with Gasteiger partial charge in [0, 0.05) is 19.1 Å². The van der Waals surface area contributed by atoms with Crippen molar-refractivity contribution in [1.82, 2.24) is 0 Å². The first-order chi connectivity index (χ1) is 9.69. The molecule has 0 saturated carbocycles. The van der Waals surface area contributed by atoms with Crippen molar-refractivity contribution in [3.8, 4) is 0 Å². The fraction of sp³-hybridized carbons (Fsp3) is 0.600. The summed E-state index contributed by atoms with van der Waals surface area (Å²) in [6.45, 7) is 3.29. The number of hydrogen-bond donors (Lipinski definition) is 1. The molecule has 0 atom stereocenters. The van der Waals surface area contributed by atoms with Gasteiger partial charge in [-0.15, -0.1) is 0 Å². The minimum Gasteiger partial charge on any atom is -0.633 e. The van der Waals surface area contributed by atoms with Gasteiger partial charge in [-0.25, -0.2) is 8.42 Å². The van der Waals surface area contributed by atoms with E-state index in [0.29, 0.717) is 38.0 Å². The average molecular weight is 313 g/mol. The summed E-state index contributed by atoms with van der Waals surface area (Å²) in [5.74, 6) is 0. The first-order valence-electron chi connectivity index (χ1n) is 7.29. The van der Waals surface area contributed by atoms with Crippen LogP contribution in [0.2, 0.25) is 0 Å². The molecule has 1 saturated heterocycles. The average Bonchev–Trinajstić information content (AvgIpc) is 2.42. The lowest BCUT2D eigenvalue weighted by molar-refractivity contribution is -0.888. The number of hydroxylamine groups is 3. The van der Waals surface area contributed by atoms with Crippen LogP contribution in [0.4, 0.5) is 0 Å². The summed E-state index contributed by atoms with van der Waals surface area (Å²) in [5, 5.41) is 23.2. The summed E-state index contributed by atoms with van der Waals surface area (Å²) >= 11 is 0. The molecule has 0 aromatic heterocycles. The van der Waals surface area contributed by atoms with Gasteiger partial charge in [-0.1, -0.05) is 19.1 Å². The quantitative estimate of drug-likeness (QED) is 0.679. The van der Waals surface area contributed by atoms with Gasteiger partial charge in [-0.05, 0) is 24.1 Å². The molecule has 0 amide bonds. The molecule has 6 heteroatoms. The van der Waals surface area contributed by atoms with Crippen LogP contribution in [0.1, 0.15) is 31.7 Å². The smallest absolute Gasteiger partial charge is 0.175 e. The third kappa shape index (κ3) is 3.63. The molecule has 2 rings (SSSR count). The van der Waals surface area contributed by atoms with Crippen LogP contribution < -0.4 is 0 Å². The SMILES string of the molecule is CCC[N+]1([O-])CCC(O)(c2cccc(S(C)(=O)=O)c2)CC1. The molecule has 0 spiro atoms. The summed E-state index contributed by atoms with van der Waals surface area (Å²) in [6, 6.07) is 6.43. The minimum absolute atomic E-state index is 0.204. The Morgan fingerprint density at radius 1 is 1.33 bits per heavy atom. The van der Waals surface area contributed by atoms with Crippen molar-refractivity contribution in [2.24, 2.45) is 0 Å². The second-order valence-corrected chi connectivity index (χ2v) is 8.08. The summed E-state index contributed by atoms with van der Waals surface area (Å²) < 4.78 is 23.0. The Balaban J connectivity index is 2.23. The van der Waals surface area contributed by atoms with E-state index in [9.17, 15) is 18.7 Å². The Kier molecular flexibility index (Phi) is 4.44. The van der Waals surface area contributed by atoms with E-state index in [1.165, 1.54) is 12.1 Å². The van der Waals surface area contributed by atoms with Gasteiger partial charge in [0.05, 0.1) is 24.5 Å². The number of piperidine rings is 1. The number of benzene rings is 1. The fourth-order valence-corrected chi connectivity index (χ4v) is 3.62. The fourth-order valence-electron chi connectivity index (χ4n) is 2.95. The molecule has 1 N–H and O–H groups in total. The molecule has 5 nitrogen and oxygen atoms in total. The first-order valence-corrected chi connectivity index (χ1v) is 9.18. The Morgan fingerprint density at radius 3 is 2.48 bits per heavy atom. The van der Waals surface area contributed by atoms with Crippen LogP contribution in [0.25, 0.3) is 0 Å². The van der Waals surface area contributed by atoms with Crippen LogP contribution in [-0.2, 0) is 15.4 Å². The highest BCUT2D eigenvalue weighted by atomic mass is 32.2. The van der Waals surface area contributed by atoms with Crippen molar-refractivity contribution in [2.75, 3.05) is 25.9 Å². The Morgan fingerprint density at radius 2 is 1.95 bits per heavy atom. The van der Waals surface area contributed by atoms with Crippen molar-refractivity contribution < 1.29 is 18.2 Å². The number of quaternary nitrogens is 1. The van der Waals surface area contributed by atoms with Gasteiger partial charge in [0.25, 0.3) is 0 Å². The number of nitrogens with zero attached hydrogens (tertiary/aromatic N) is 1. The number of aliphatic hydroxyl groups is 1. The van der Waals surface area contributed by atoms with Crippen LogP contribution in [0.15, 0.2) is 29.2 Å². The molecule has 0 unspecified atom stereocenters. The molecule has 1 fully saturated rings. The Labute approximate surface area is 126 Å². The second-order valence-electron chi connectivity index (χ2n) is 6.06. The molecule has 1 aliphatic heterocycles. The third-order valence-corrected chi connectivity index (χ3v) is 5.41. The summed E-state index contributed by atoms with van der Waals surface area (Å²) in [5.41, 5.74) is -0.506. The molecule has 1 aromatic carbocycles. The summed E-state index contributed by atoms with van der Waals surface area (Å²) in [6.07, 6.45) is 2.71. The zero-order valence-electron chi connectivity index (χ0n) is 12.6. The van der Waals surface area contributed by atoms with E-state index in [2.05, 4.69) is 0 Å². The van der Waals surface area contributed by atoms with Crippen LogP contribution in [0.5, 0.6) is 0 Å². The molecule has 1 heterocycles. The number of likely N-dealkylation sites (tertiary alicyclic amines) is 1. The topological polar surface area (TPSA) is 77.4 Å². The number of sulfone groups is 1. The highest BCUT2D eigenvalue weighted by Crippen LogP contribution is 2.36. The highest BCUT2D eigenvalue weighted by Gasteiger charge is 2.38. The molecule has 0 radical (unpaired) electrons. The zero-order chi connectivity index (χ0) is 15.7.